The lowest BCUT2D eigenvalue weighted by Gasteiger charge is -2.38. The fraction of sp³-hybridized carbons (Fsp3) is 0.406. The van der Waals surface area contributed by atoms with Crippen LogP contribution in [0.4, 0.5) is 8.78 Å². The molecule has 1 amide bonds. The summed E-state index contributed by atoms with van der Waals surface area (Å²) in [5.41, 5.74) is 1.99. The number of nitrogens with one attached hydrogen (secondary N) is 1. The Balaban J connectivity index is 1.17. The predicted octanol–water partition coefficient (Wildman–Crippen LogP) is 4.80. The van der Waals surface area contributed by atoms with Gasteiger partial charge in [0.25, 0.3) is 17.9 Å². The average Bonchev–Trinajstić information content (AvgIpc) is 3.35. The first kappa shape index (κ1) is 30.4. The van der Waals surface area contributed by atoms with E-state index in [9.17, 15) is 23.5 Å². The first-order chi connectivity index (χ1) is 21.0. The number of hydrogen-bond acceptors (Lipinski definition) is 6. The maximum absolute atomic E-state index is 13.5. The van der Waals surface area contributed by atoms with Crippen molar-refractivity contribution in [1.29, 1.82) is 0 Å². The van der Waals surface area contributed by atoms with E-state index in [4.69, 9.17) is 16.3 Å². The topological polar surface area (TPSA) is 102 Å². The minimum absolute atomic E-state index is 0.00553. The third kappa shape index (κ3) is 5.89. The Bertz CT molecular complexity index is 1740. The second-order valence-corrected chi connectivity index (χ2v) is 12.2. The van der Waals surface area contributed by atoms with Crippen molar-refractivity contribution in [2.75, 3.05) is 26.2 Å². The van der Waals surface area contributed by atoms with Crippen LogP contribution in [0.1, 0.15) is 59.3 Å². The van der Waals surface area contributed by atoms with Gasteiger partial charge in [-0.1, -0.05) is 29.8 Å². The van der Waals surface area contributed by atoms with Crippen molar-refractivity contribution >= 4 is 28.5 Å². The fourth-order valence-corrected chi connectivity index (χ4v) is 6.36. The van der Waals surface area contributed by atoms with Crippen LogP contribution in [-0.4, -0.2) is 68.0 Å². The van der Waals surface area contributed by atoms with Crippen LogP contribution in [0, 0.1) is 6.92 Å². The van der Waals surface area contributed by atoms with Crippen LogP contribution in [0.25, 0.3) is 16.7 Å². The number of halogens is 3. The van der Waals surface area contributed by atoms with E-state index < -0.39 is 12.0 Å². The van der Waals surface area contributed by atoms with Gasteiger partial charge in [0, 0.05) is 36.4 Å². The van der Waals surface area contributed by atoms with Crippen LogP contribution in [0.5, 0.6) is 0 Å². The Morgan fingerprint density at radius 2 is 1.91 bits per heavy atom. The average molecular weight is 626 g/mol. The number of fused-ring (bicyclic) bond motifs is 1. The number of amides is 1. The van der Waals surface area contributed by atoms with Crippen molar-refractivity contribution < 1.29 is 23.4 Å². The summed E-state index contributed by atoms with van der Waals surface area (Å²) in [6.45, 7) is 5.96. The maximum atomic E-state index is 13.5. The number of ether oxygens (including phenoxy) is 1. The fourth-order valence-electron chi connectivity index (χ4n) is 6.08. The van der Waals surface area contributed by atoms with Gasteiger partial charge in [-0.15, -0.1) is 0 Å². The monoisotopic (exact) mass is 625 g/mol. The van der Waals surface area contributed by atoms with Gasteiger partial charge in [-0.25, -0.2) is 13.8 Å². The molecular formula is C32H34ClF2N5O4. The summed E-state index contributed by atoms with van der Waals surface area (Å²) in [6, 6.07) is 13.0. The molecule has 2 aromatic carbocycles. The minimum Gasteiger partial charge on any atom is -0.388 e. The van der Waals surface area contributed by atoms with Crippen LogP contribution < -0.4 is 10.9 Å². The summed E-state index contributed by atoms with van der Waals surface area (Å²) >= 11 is 6.64. The molecule has 4 heterocycles. The third-order valence-electron chi connectivity index (χ3n) is 8.68. The molecule has 2 N–H and O–H groups in total. The van der Waals surface area contributed by atoms with Crippen molar-refractivity contribution in [3.05, 3.63) is 92.6 Å². The number of benzene rings is 2. The van der Waals surface area contributed by atoms with Gasteiger partial charge >= 0.3 is 0 Å². The lowest BCUT2D eigenvalue weighted by Crippen LogP contribution is -2.49. The zero-order valence-electron chi connectivity index (χ0n) is 24.5. The molecule has 2 aromatic heterocycles. The lowest BCUT2D eigenvalue weighted by atomic mass is 9.91. The van der Waals surface area contributed by atoms with E-state index in [1.54, 1.807) is 15.5 Å². The molecule has 0 aliphatic carbocycles. The first-order valence-electron chi connectivity index (χ1n) is 14.6. The Morgan fingerprint density at radius 1 is 1.18 bits per heavy atom. The Kier molecular flexibility index (Phi) is 8.31. The second-order valence-electron chi connectivity index (χ2n) is 11.8. The summed E-state index contributed by atoms with van der Waals surface area (Å²) in [5.74, 6) is -0.287. The highest BCUT2D eigenvalue weighted by molar-refractivity contribution is 6.31. The maximum Gasteiger partial charge on any atom is 0.263 e. The molecule has 0 saturated carbocycles. The number of piperidine rings is 1. The normalized spacial score (nSPS) is 20.4. The van der Waals surface area contributed by atoms with Gasteiger partial charge in [0.05, 0.1) is 36.3 Å². The molecule has 2 aliphatic rings. The molecule has 12 heteroatoms. The van der Waals surface area contributed by atoms with Gasteiger partial charge in [0.1, 0.15) is 11.5 Å². The number of rotatable bonds is 6. The Labute approximate surface area is 258 Å². The molecule has 2 aliphatic heterocycles. The first-order valence-corrected chi connectivity index (χ1v) is 15.0. The summed E-state index contributed by atoms with van der Waals surface area (Å²) in [5, 5.41) is 15.5. The van der Waals surface area contributed by atoms with Gasteiger partial charge in [0.2, 0.25) is 0 Å². The molecule has 0 spiro atoms. The number of aryl methyl sites for hydroxylation is 1. The molecule has 0 radical (unpaired) electrons. The zero-order valence-corrected chi connectivity index (χ0v) is 25.2. The van der Waals surface area contributed by atoms with Gasteiger partial charge in [-0.2, -0.15) is 0 Å². The van der Waals surface area contributed by atoms with E-state index >= 15 is 0 Å². The van der Waals surface area contributed by atoms with Crippen LogP contribution in [-0.2, 0) is 11.3 Å². The number of hydrogen-bond donors (Lipinski definition) is 2. The van der Waals surface area contributed by atoms with Crippen LogP contribution >= 0.6 is 11.6 Å². The van der Waals surface area contributed by atoms with Gasteiger partial charge in [-0.05, 0) is 68.1 Å². The van der Waals surface area contributed by atoms with Crippen molar-refractivity contribution in [1.82, 2.24) is 24.3 Å². The smallest absolute Gasteiger partial charge is 0.263 e. The van der Waals surface area contributed by atoms with Crippen molar-refractivity contribution in [3.63, 3.8) is 0 Å². The number of nitrogens with zero attached hydrogens (tertiary/aromatic N) is 4. The van der Waals surface area contributed by atoms with E-state index in [2.05, 4.69) is 10.3 Å². The number of carbonyl (C=O) groups excluding carboxylic acids is 1. The van der Waals surface area contributed by atoms with Crippen molar-refractivity contribution in [3.8, 4) is 5.69 Å². The summed E-state index contributed by atoms with van der Waals surface area (Å²) in [4.78, 5) is 32.6. The summed E-state index contributed by atoms with van der Waals surface area (Å²) < 4.78 is 34.7. The predicted molar refractivity (Wildman–Crippen MR) is 163 cm³/mol. The van der Waals surface area contributed by atoms with E-state index in [1.165, 1.54) is 35.2 Å². The van der Waals surface area contributed by atoms with Crippen LogP contribution in [0.3, 0.4) is 0 Å². The van der Waals surface area contributed by atoms with Gasteiger partial charge in [-0.3, -0.25) is 18.7 Å². The number of morpholine rings is 1. The molecule has 6 rings (SSSR count). The van der Waals surface area contributed by atoms with Gasteiger partial charge in [0.15, 0.2) is 5.65 Å². The van der Waals surface area contributed by atoms with E-state index in [1.807, 2.05) is 32.0 Å². The van der Waals surface area contributed by atoms with Crippen molar-refractivity contribution in [2.24, 2.45) is 0 Å². The second kappa shape index (κ2) is 12.0. The summed E-state index contributed by atoms with van der Waals surface area (Å²) in [6.07, 6.45) is -0.522. The highest BCUT2D eigenvalue weighted by Crippen LogP contribution is 2.30. The number of alkyl halides is 2. The molecule has 0 bridgehead atoms. The molecular weight excluding hydrogens is 592 g/mol. The largest absolute Gasteiger partial charge is 0.388 e. The van der Waals surface area contributed by atoms with Gasteiger partial charge < -0.3 is 20.1 Å². The quantitative estimate of drug-likeness (QED) is 0.319. The van der Waals surface area contributed by atoms with E-state index in [0.717, 1.165) is 23.4 Å². The minimum atomic E-state index is -2.60. The number of aliphatic hydroxyl groups is 1. The highest BCUT2D eigenvalue weighted by Gasteiger charge is 2.35. The summed E-state index contributed by atoms with van der Waals surface area (Å²) in [7, 11) is 0. The molecule has 2 saturated heterocycles. The highest BCUT2D eigenvalue weighted by atomic mass is 35.5. The SMILES string of the molecule is Cc1cc(-n2c(Cl)cc3c(=O)n(CC4(O)CCN(C(=O)c5ccc(C(F)F)cc5)CC4)cnc32)ccc1[C@H]1CO[C@H](C)CN1. The molecule has 4 aromatic rings. The Morgan fingerprint density at radius 3 is 2.55 bits per heavy atom. The van der Waals surface area contributed by atoms with Crippen molar-refractivity contribution in [2.45, 2.75) is 57.4 Å². The third-order valence-corrected chi connectivity index (χ3v) is 8.96. The van der Waals surface area contributed by atoms with E-state index in [-0.39, 0.29) is 61.7 Å². The molecule has 2 atom stereocenters. The number of aromatic nitrogens is 3. The molecule has 2 fully saturated rings. The van der Waals surface area contributed by atoms with Crippen LogP contribution in [0.15, 0.2) is 59.7 Å². The molecule has 44 heavy (non-hydrogen) atoms. The van der Waals surface area contributed by atoms with E-state index in [0.29, 0.717) is 28.4 Å². The molecule has 232 valence electrons. The number of carbonyl (C=O) groups is 1. The zero-order chi connectivity index (χ0) is 31.2. The van der Waals surface area contributed by atoms with Crippen LogP contribution in [0.2, 0.25) is 5.15 Å². The molecule has 9 nitrogen and oxygen atoms in total. The lowest BCUT2D eigenvalue weighted by molar-refractivity contribution is -0.0299. The number of likely N-dealkylation sites (tertiary alicyclic amines) is 1. The molecule has 0 unspecified atom stereocenters. The Hall–Kier alpha value is -3.64. The standard InChI is InChI=1S/C32H34ClF2N5O4/c1-19-13-23(7-8-24(19)26-16-44-20(2)15-36-26)40-27(33)14-25-29(40)37-18-39(31(25)42)17-32(43)9-11-38(12-10-32)30(41)22-5-3-21(4-6-22)28(34)35/h3-8,13-14,18,20,26,28,36,43H,9-12,15-17H2,1-2H3/t20-,26-/m1/s1.